The van der Waals surface area contributed by atoms with Crippen molar-refractivity contribution in [1.82, 2.24) is 15.0 Å². The predicted octanol–water partition coefficient (Wildman–Crippen LogP) is 2.24. The summed E-state index contributed by atoms with van der Waals surface area (Å²) in [6, 6.07) is 9.96. The van der Waals surface area contributed by atoms with Gasteiger partial charge in [0.05, 0.1) is 0 Å². The van der Waals surface area contributed by atoms with Crippen LogP contribution in [0.1, 0.15) is 0 Å². The molecule has 0 amide bonds. The quantitative estimate of drug-likeness (QED) is 0.762. The topological polar surface area (TPSA) is 30.7 Å². The van der Waals surface area contributed by atoms with E-state index in [1.54, 1.807) is 11.8 Å². The molecule has 0 spiro atoms. The third-order valence-electron chi connectivity index (χ3n) is 1.72. The van der Waals surface area contributed by atoms with Crippen LogP contribution in [0.15, 0.2) is 34.9 Å². The molecule has 1 aromatic carbocycles. The summed E-state index contributed by atoms with van der Waals surface area (Å²) in [5.74, 6) is 0. The molecule has 0 saturated carbocycles. The van der Waals surface area contributed by atoms with Crippen molar-refractivity contribution in [2.75, 3.05) is 0 Å². The van der Waals surface area contributed by atoms with Gasteiger partial charge >= 0.3 is 0 Å². The molecule has 0 aliphatic heterocycles. The zero-order valence-corrected chi connectivity index (χ0v) is 8.69. The lowest BCUT2D eigenvalue weighted by Gasteiger charge is -1.93. The fourth-order valence-electron chi connectivity index (χ4n) is 1.16. The van der Waals surface area contributed by atoms with Crippen LogP contribution in [0.2, 0.25) is 0 Å². The maximum absolute atomic E-state index is 4.24. The molecule has 0 radical (unpaired) electrons. The van der Waals surface area contributed by atoms with Crippen LogP contribution in [0.25, 0.3) is 11.3 Å². The predicted molar refractivity (Wildman–Crippen MR) is 54.1 cm³/mol. The Bertz CT molecular complexity index is 408. The van der Waals surface area contributed by atoms with Crippen LogP contribution >= 0.6 is 15.9 Å². The Morgan fingerprint density at radius 1 is 1.15 bits per heavy atom. The van der Waals surface area contributed by atoms with Gasteiger partial charge in [0.1, 0.15) is 5.69 Å². The number of halogens is 1. The highest BCUT2D eigenvalue weighted by Gasteiger charge is 2.07. The van der Waals surface area contributed by atoms with E-state index < -0.39 is 0 Å². The van der Waals surface area contributed by atoms with Crippen molar-refractivity contribution >= 4 is 15.9 Å². The van der Waals surface area contributed by atoms with Gasteiger partial charge in [0.15, 0.2) is 4.60 Å². The molecule has 0 aliphatic rings. The number of rotatable bonds is 1. The van der Waals surface area contributed by atoms with E-state index in [1.165, 1.54) is 0 Å². The summed E-state index contributed by atoms with van der Waals surface area (Å²) in [5, 5.41) is 8.35. The van der Waals surface area contributed by atoms with Crippen LogP contribution in [0, 0.1) is 0 Å². The number of hydrogen-bond acceptors (Lipinski definition) is 2. The van der Waals surface area contributed by atoms with Gasteiger partial charge in [-0.05, 0) is 15.9 Å². The van der Waals surface area contributed by atoms with Crippen molar-refractivity contribution in [2.24, 2.45) is 7.05 Å². The summed E-state index contributed by atoms with van der Waals surface area (Å²) in [4.78, 5) is 1.55. The van der Waals surface area contributed by atoms with Gasteiger partial charge in [-0.1, -0.05) is 30.3 Å². The Morgan fingerprint density at radius 3 is 2.38 bits per heavy atom. The van der Waals surface area contributed by atoms with Crippen LogP contribution in [-0.4, -0.2) is 15.0 Å². The molecule has 3 nitrogen and oxygen atoms in total. The Kier molecular flexibility index (Phi) is 2.14. The van der Waals surface area contributed by atoms with E-state index in [0.717, 1.165) is 15.9 Å². The van der Waals surface area contributed by atoms with E-state index in [-0.39, 0.29) is 0 Å². The van der Waals surface area contributed by atoms with Crippen molar-refractivity contribution in [1.29, 1.82) is 0 Å². The molecule has 1 aromatic heterocycles. The largest absolute Gasteiger partial charge is 0.186 e. The second-order valence-electron chi connectivity index (χ2n) is 2.69. The fraction of sp³-hybridized carbons (Fsp3) is 0.111. The first-order valence-corrected chi connectivity index (χ1v) is 4.69. The van der Waals surface area contributed by atoms with Gasteiger partial charge in [-0.25, -0.2) is 0 Å². The molecule has 2 rings (SSSR count). The molecule has 0 atom stereocenters. The highest BCUT2D eigenvalue weighted by atomic mass is 79.9. The third kappa shape index (κ3) is 1.62. The van der Waals surface area contributed by atoms with Crippen LogP contribution in [0.3, 0.4) is 0 Å². The number of benzene rings is 1. The lowest BCUT2D eigenvalue weighted by atomic mass is 10.2. The van der Waals surface area contributed by atoms with E-state index in [0.29, 0.717) is 0 Å². The van der Waals surface area contributed by atoms with Crippen molar-refractivity contribution in [3.63, 3.8) is 0 Å². The summed E-state index contributed by atoms with van der Waals surface area (Å²) in [6.45, 7) is 0. The molecule has 1 heterocycles. The number of aryl methyl sites for hydroxylation is 1. The van der Waals surface area contributed by atoms with E-state index in [2.05, 4.69) is 26.1 Å². The van der Waals surface area contributed by atoms with Gasteiger partial charge < -0.3 is 0 Å². The monoisotopic (exact) mass is 237 g/mol. The summed E-state index contributed by atoms with van der Waals surface area (Å²) < 4.78 is 0.779. The molecule has 2 aromatic rings. The Labute approximate surface area is 84.5 Å². The molecule has 0 N–H and O–H groups in total. The molecule has 4 heteroatoms. The zero-order chi connectivity index (χ0) is 9.26. The zero-order valence-electron chi connectivity index (χ0n) is 7.11. The SMILES string of the molecule is Cn1nc(Br)c(-c2ccccc2)n1. The fourth-order valence-corrected chi connectivity index (χ4v) is 1.69. The average Bonchev–Trinajstić information content (AvgIpc) is 2.47. The normalized spacial score (nSPS) is 10.3. The van der Waals surface area contributed by atoms with Crippen LogP contribution in [-0.2, 0) is 7.05 Å². The van der Waals surface area contributed by atoms with Crippen LogP contribution in [0.4, 0.5) is 0 Å². The Hall–Kier alpha value is -1.16. The van der Waals surface area contributed by atoms with E-state index in [9.17, 15) is 0 Å². The van der Waals surface area contributed by atoms with Crippen molar-refractivity contribution in [3.05, 3.63) is 34.9 Å². The smallest absolute Gasteiger partial charge is 0.156 e. The summed E-state index contributed by atoms with van der Waals surface area (Å²) in [5.41, 5.74) is 1.95. The third-order valence-corrected chi connectivity index (χ3v) is 2.25. The molecule has 0 fully saturated rings. The first-order valence-electron chi connectivity index (χ1n) is 3.89. The maximum atomic E-state index is 4.24. The first-order chi connectivity index (χ1) is 6.27. The minimum atomic E-state index is 0.779. The van der Waals surface area contributed by atoms with Gasteiger partial charge in [0.25, 0.3) is 0 Å². The lowest BCUT2D eigenvalue weighted by Crippen LogP contribution is -1.91. The maximum Gasteiger partial charge on any atom is 0.156 e. The number of hydrogen-bond donors (Lipinski definition) is 0. The molecule has 13 heavy (non-hydrogen) atoms. The summed E-state index contributed by atoms with van der Waals surface area (Å²) >= 11 is 3.36. The molecular weight excluding hydrogens is 230 g/mol. The number of aromatic nitrogens is 3. The van der Waals surface area contributed by atoms with Crippen LogP contribution in [0.5, 0.6) is 0 Å². The number of nitrogens with zero attached hydrogens (tertiary/aromatic N) is 3. The Morgan fingerprint density at radius 2 is 1.85 bits per heavy atom. The van der Waals surface area contributed by atoms with Crippen LogP contribution < -0.4 is 0 Å². The molecule has 0 saturated heterocycles. The van der Waals surface area contributed by atoms with Crippen molar-refractivity contribution in [3.8, 4) is 11.3 Å². The molecule has 0 aliphatic carbocycles. The Balaban J connectivity index is 2.53. The highest BCUT2D eigenvalue weighted by molar-refractivity contribution is 9.10. The van der Waals surface area contributed by atoms with E-state index >= 15 is 0 Å². The standard InChI is InChI=1S/C9H8BrN3/c1-13-11-8(9(10)12-13)7-5-3-2-4-6-7/h2-6H,1H3. The van der Waals surface area contributed by atoms with Gasteiger partial charge in [-0.15, -0.1) is 5.10 Å². The summed E-state index contributed by atoms with van der Waals surface area (Å²) in [6.07, 6.45) is 0. The molecule has 0 bridgehead atoms. The van der Waals surface area contributed by atoms with Gasteiger partial charge in [0, 0.05) is 12.6 Å². The van der Waals surface area contributed by atoms with Gasteiger partial charge in [-0.2, -0.15) is 9.90 Å². The highest BCUT2D eigenvalue weighted by Crippen LogP contribution is 2.23. The second-order valence-corrected chi connectivity index (χ2v) is 3.45. The van der Waals surface area contributed by atoms with Gasteiger partial charge in [0.2, 0.25) is 0 Å². The average molecular weight is 238 g/mol. The van der Waals surface area contributed by atoms with Crippen molar-refractivity contribution < 1.29 is 0 Å². The molecule has 0 unspecified atom stereocenters. The molecular formula is C9H8BrN3. The van der Waals surface area contributed by atoms with E-state index in [1.807, 2.05) is 30.3 Å². The van der Waals surface area contributed by atoms with E-state index in [4.69, 9.17) is 0 Å². The summed E-state index contributed by atoms with van der Waals surface area (Å²) in [7, 11) is 1.80. The van der Waals surface area contributed by atoms with Crippen molar-refractivity contribution in [2.45, 2.75) is 0 Å². The van der Waals surface area contributed by atoms with Gasteiger partial charge in [-0.3, -0.25) is 0 Å². The molecule has 66 valence electrons. The second kappa shape index (κ2) is 3.30. The first kappa shape index (κ1) is 8.44. The lowest BCUT2D eigenvalue weighted by molar-refractivity contribution is 0.652. The minimum Gasteiger partial charge on any atom is -0.186 e. The minimum absolute atomic E-state index is 0.779.